The molecule has 2 fully saturated rings. The zero-order valence-electron chi connectivity index (χ0n) is 22.5. The molecular weight excluding hydrogens is 486 g/mol. The molecule has 2 heterocycles. The van der Waals surface area contributed by atoms with E-state index >= 15 is 0 Å². The Labute approximate surface area is 224 Å². The van der Waals surface area contributed by atoms with Crippen molar-refractivity contribution in [1.82, 2.24) is 15.1 Å². The van der Waals surface area contributed by atoms with Crippen molar-refractivity contribution in [3.8, 4) is 0 Å². The van der Waals surface area contributed by atoms with Gasteiger partial charge in [0, 0.05) is 26.3 Å². The molecule has 2 unspecified atom stereocenters. The molecule has 4 rings (SSSR count). The van der Waals surface area contributed by atoms with Crippen LogP contribution in [-0.4, -0.2) is 78.9 Å². The van der Waals surface area contributed by atoms with Gasteiger partial charge in [-0.15, -0.1) is 0 Å². The van der Waals surface area contributed by atoms with Crippen LogP contribution in [0.25, 0.3) is 0 Å². The number of fused-ring (bicyclic) bond motifs is 1. The second kappa shape index (κ2) is 12.0. The van der Waals surface area contributed by atoms with Gasteiger partial charge in [0.25, 0.3) is 5.91 Å². The largest absolute Gasteiger partial charge is 0.445 e. The molecule has 0 bridgehead atoms. The Balaban J connectivity index is 1.53. The highest BCUT2D eigenvalue weighted by Gasteiger charge is 2.61. The first kappa shape index (κ1) is 27.6. The van der Waals surface area contributed by atoms with Crippen molar-refractivity contribution < 1.29 is 28.6 Å². The van der Waals surface area contributed by atoms with Gasteiger partial charge >= 0.3 is 6.09 Å². The van der Waals surface area contributed by atoms with Crippen molar-refractivity contribution in [2.45, 2.75) is 57.2 Å². The van der Waals surface area contributed by atoms with Gasteiger partial charge in [-0.2, -0.15) is 0 Å². The van der Waals surface area contributed by atoms with Crippen LogP contribution < -0.4 is 5.32 Å². The molecule has 2 aromatic rings. The lowest BCUT2D eigenvalue weighted by molar-refractivity contribution is -0.222. The molecule has 3 amide bonds. The van der Waals surface area contributed by atoms with Crippen molar-refractivity contribution in [3.05, 3.63) is 71.8 Å². The highest BCUT2D eigenvalue weighted by atomic mass is 16.7. The lowest BCUT2D eigenvalue weighted by Gasteiger charge is -2.38. The highest BCUT2D eigenvalue weighted by Crippen LogP contribution is 2.41. The number of hydrogen-bond donors (Lipinski definition) is 1. The Morgan fingerprint density at radius 3 is 2.21 bits per heavy atom. The van der Waals surface area contributed by atoms with Crippen molar-refractivity contribution >= 4 is 17.9 Å². The molecule has 0 saturated carbocycles. The minimum atomic E-state index is -1.18. The summed E-state index contributed by atoms with van der Waals surface area (Å²) >= 11 is 0. The van der Waals surface area contributed by atoms with Crippen LogP contribution in [0.4, 0.5) is 4.79 Å². The van der Waals surface area contributed by atoms with Crippen LogP contribution in [0.15, 0.2) is 60.7 Å². The number of hydrogen-bond acceptors (Lipinski definition) is 6. The average molecular weight is 524 g/mol. The highest BCUT2D eigenvalue weighted by molar-refractivity contribution is 5.95. The van der Waals surface area contributed by atoms with Gasteiger partial charge in [0.2, 0.25) is 11.7 Å². The minimum Gasteiger partial charge on any atom is -0.445 e. The van der Waals surface area contributed by atoms with Crippen molar-refractivity contribution in [2.24, 2.45) is 5.92 Å². The van der Waals surface area contributed by atoms with Crippen LogP contribution in [0.5, 0.6) is 0 Å². The predicted molar refractivity (Wildman–Crippen MR) is 141 cm³/mol. The fourth-order valence-electron chi connectivity index (χ4n) is 5.55. The summed E-state index contributed by atoms with van der Waals surface area (Å²) in [6.45, 7) is 4.70. The van der Waals surface area contributed by atoms with Crippen LogP contribution in [0.3, 0.4) is 0 Å². The normalized spacial score (nSPS) is 20.8. The van der Waals surface area contributed by atoms with Gasteiger partial charge in [0.1, 0.15) is 18.7 Å². The molecule has 2 aliphatic heterocycles. The third-order valence-electron chi connectivity index (χ3n) is 7.37. The maximum Gasteiger partial charge on any atom is 0.408 e. The van der Waals surface area contributed by atoms with E-state index in [9.17, 15) is 14.4 Å². The van der Waals surface area contributed by atoms with E-state index in [0.29, 0.717) is 24.9 Å². The molecule has 38 heavy (non-hydrogen) atoms. The topological polar surface area (TPSA) is 97.4 Å². The van der Waals surface area contributed by atoms with Crippen molar-refractivity contribution in [2.75, 3.05) is 27.3 Å². The summed E-state index contributed by atoms with van der Waals surface area (Å²) in [5.74, 6) is -1.41. The number of nitrogens with zero attached hydrogens (tertiary/aromatic N) is 2. The lowest BCUT2D eigenvalue weighted by atomic mass is 10.0. The molecule has 1 N–H and O–H groups in total. The summed E-state index contributed by atoms with van der Waals surface area (Å²) in [5.41, 5.74) is 1.43. The molecule has 2 saturated heterocycles. The van der Waals surface area contributed by atoms with Crippen LogP contribution in [-0.2, 0) is 25.6 Å². The van der Waals surface area contributed by atoms with E-state index in [2.05, 4.69) is 5.32 Å². The number of carbonyl (C=O) groups excluding carboxylic acids is 3. The van der Waals surface area contributed by atoms with Crippen molar-refractivity contribution in [1.29, 1.82) is 0 Å². The summed E-state index contributed by atoms with van der Waals surface area (Å²) in [6.07, 6.45) is 0.365. The Morgan fingerprint density at radius 2 is 1.61 bits per heavy atom. The summed E-state index contributed by atoms with van der Waals surface area (Å²) in [6, 6.07) is 16.8. The van der Waals surface area contributed by atoms with Crippen molar-refractivity contribution in [3.63, 3.8) is 0 Å². The van der Waals surface area contributed by atoms with Crippen LogP contribution in [0.2, 0.25) is 0 Å². The molecule has 0 radical (unpaired) electrons. The number of rotatable bonds is 9. The quantitative estimate of drug-likeness (QED) is 0.506. The fraction of sp³-hybridized carbons (Fsp3) is 0.483. The van der Waals surface area contributed by atoms with E-state index in [-0.39, 0.29) is 36.9 Å². The summed E-state index contributed by atoms with van der Waals surface area (Å²) in [4.78, 5) is 43.5. The third kappa shape index (κ3) is 5.68. The van der Waals surface area contributed by atoms with Gasteiger partial charge in [-0.3, -0.25) is 9.59 Å². The number of likely N-dealkylation sites (tertiary alicyclic amines) is 2. The molecule has 3 atom stereocenters. The first-order chi connectivity index (χ1) is 18.3. The molecule has 9 heteroatoms. The summed E-state index contributed by atoms with van der Waals surface area (Å²) < 4.78 is 17.1. The zero-order chi connectivity index (χ0) is 27.3. The van der Waals surface area contributed by atoms with Crippen LogP contribution >= 0.6 is 0 Å². The average Bonchev–Trinajstić information content (AvgIpc) is 3.51. The number of amides is 3. The summed E-state index contributed by atoms with van der Waals surface area (Å²) in [5, 5.41) is 2.78. The predicted octanol–water partition coefficient (Wildman–Crippen LogP) is 3.44. The molecule has 9 nitrogen and oxygen atoms in total. The Morgan fingerprint density at radius 1 is 0.974 bits per heavy atom. The minimum absolute atomic E-state index is 0.108. The fourth-order valence-corrected chi connectivity index (χ4v) is 5.55. The van der Waals surface area contributed by atoms with Gasteiger partial charge in [0.05, 0.1) is 12.6 Å². The summed E-state index contributed by atoms with van der Waals surface area (Å²) in [7, 11) is 3.06. The van der Waals surface area contributed by atoms with Crippen LogP contribution in [0, 0.1) is 5.92 Å². The van der Waals surface area contributed by atoms with Gasteiger partial charge in [0.15, 0.2) is 0 Å². The maximum absolute atomic E-state index is 13.9. The van der Waals surface area contributed by atoms with E-state index in [4.69, 9.17) is 14.2 Å². The molecule has 0 aliphatic carbocycles. The third-order valence-corrected chi connectivity index (χ3v) is 7.37. The molecule has 2 aromatic carbocycles. The second-order valence-electron chi connectivity index (χ2n) is 10.2. The van der Waals surface area contributed by atoms with E-state index in [0.717, 1.165) is 5.56 Å². The first-order valence-corrected chi connectivity index (χ1v) is 13.0. The lowest BCUT2D eigenvalue weighted by Crippen LogP contribution is -2.58. The monoisotopic (exact) mass is 523 g/mol. The molecule has 0 spiro atoms. The number of alkyl carbamates (subject to hydrolysis) is 1. The Kier molecular flexibility index (Phi) is 8.69. The van der Waals surface area contributed by atoms with Gasteiger partial charge in [-0.25, -0.2) is 4.79 Å². The smallest absolute Gasteiger partial charge is 0.408 e. The number of nitrogens with one attached hydrogen (secondary N) is 1. The van der Waals surface area contributed by atoms with E-state index < -0.39 is 24.0 Å². The molecule has 0 aromatic heterocycles. The Bertz CT molecular complexity index is 1110. The second-order valence-corrected chi connectivity index (χ2v) is 10.2. The Hall–Kier alpha value is -3.43. The van der Waals surface area contributed by atoms with E-state index in [1.165, 1.54) is 14.2 Å². The first-order valence-electron chi connectivity index (χ1n) is 13.0. The number of methoxy groups -OCH3 is 2. The molecular formula is C29H37N3O6. The SMILES string of the molecule is COC1(OC)CN(C(=O)c2ccccc2)C2CCN(C(=O)[C@H](CC(C)C)NC(=O)OCc3ccccc3)C21. The van der Waals surface area contributed by atoms with E-state index in [1.54, 1.807) is 21.9 Å². The van der Waals surface area contributed by atoms with E-state index in [1.807, 2.05) is 62.4 Å². The number of benzene rings is 2. The molecule has 2 aliphatic rings. The maximum atomic E-state index is 13.9. The molecule has 204 valence electrons. The van der Waals surface area contributed by atoms with Gasteiger partial charge < -0.3 is 29.3 Å². The van der Waals surface area contributed by atoms with Crippen LogP contribution in [0.1, 0.15) is 42.6 Å². The zero-order valence-corrected chi connectivity index (χ0v) is 22.5. The standard InChI is InChI=1S/C29H37N3O6/c1-20(2)17-23(30-28(35)38-18-21-11-7-5-8-12-21)27(34)31-16-15-24-25(31)29(36-3,37-4)19-32(24)26(33)22-13-9-6-10-14-22/h5-14,20,23-25H,15-19H2,1-4H3,(H,30,35)/t23-,24?,25?/m0/s1. The number of ether oxygens (including phenoxy) is 3. The van der Waals surface area contributed by atoms with Gasteiger partial charge in [-0.05, 0) is 36.5 Å². The number of carbonyl (C=O) groups is 3. The van der Waals surface area contributed by atoms with Gasteiger partial charge in [-0.1, -0.05) is 62.4 Å².